The summed E-state index contributed by atoms with van der Waals surface area (Å²) in [6.45, 7) is 0. The van der Waals surface area contributed by atoms with E-state index in [1.165, 1.54) is 0 Å². The molecule has 0 aromatic heterocycles. The van der Waals surface area contributed by atoms with Crippen LogP contribution in [-0.2, 0) is 25.8 Å². The summed E-state index contributed by atoms with van der Waals surface area (Å²) in [6, 6.07) is 0. The van der Waals surface area contributed by atoms with Gasteiger partial charge in [-0.1, -0.05) is 0 Å². The summed E-state index contributed by atoms with van der Waals surface area (Å²) < 4.78 is 0. The zero-order valence-corrected chi connectivity index (χ0v) is 5.67. The summed E-state index contributed by atoms with van der Waals surface area (Å²) in [5.74, 6) is 0. The molecule has 0 heterocycles. The minimum atomic E-state index is -4.61. The molecule has 0 atom stereocenters. The smallest absolute Gasteiger partial charge is 0.368 e. The SMILES string of the molecule is O[Si](O)(O)O.[AlH3].[Sc]. The molecule has 4 nitrogen and oxygen atoms in total. The van der Waals surface area contributed by atoms with Crippen molar-refractivity contribution in [2.75, 3.05) is 0 Å². The van der Waals surface area contributed by atoms with Gasteiger partial charge in [0.05, 0.1) is 0 Å². The van der Waals surface area contributed by atoms with Gasteiger partial charge in [0.25, 0.3) is 0 Å². The van der Waals surface area contributed by atoms with Gasteiger partial charge in [-0.2, -0.15) is 0 Å². The molecule has 7 heavy (non-hydrogen) atoms. The van der Waals surface area contributed by atoms with Crippen molar-refractivity contribution < 1.29 is 45.0 Å². The van der Waals surface area contributed by atoms with Crippen molar-refractivity contribution in [1.82, 2.24) is 0 Å². The standard InChI is InChI=1S/Al.H4O4Si.Sc.3H/c;1-5(2,3)4;;;;/h;1-4H;;;;. The normalized spacial score (nSPS) is 8.57. The first-order valence-electron chi connectivity index (χ1n) is 0.894. The number of rotatable bonds is 0. The summed E-state index contributed by atoms with van der Waals surface area (Å²) >= 11 is 0. The molecule has 41 valence electrons. The van der Waals surface area contributed by atoms with Crippen molar-refractivity contribution in [3.63, 3.8) is 0 Å². The Balaban J connectivity index is -0.0000000800. The quantitative estimate of drug-likeness (QED) is 0.282. The topological polar surface area (TPSA) is 80.9 Å². The summed E-state index contributed by atoms with van der Waals surface area (Å²) in [7, 11) is -4.61. The van der Waals surface area contributed by atoms with Gasteiger partial charge in [-0.3, -0.25) is 0 Å². The van der Waals surface area contributed by atoms with Gasteiger partial charge in [-0.25, -0.2) is 0 Å². The average Bonchev–Trinajstić information content (AvgIpc) is 0.722. The molecule has 0 saturated carbocycles. The van der Waals surface area contributed by atoms with E-state index in [9.17, 15) is 0 Å². The molecule has 0 amide bonds. The van der Waals surface area contributed by atoms with E-state index in [0.29, 0.717) is 0 Å². The molecule has 0 aromatic rings. The third-order valence-corrected chi connectivity index (χ3v) is 0. The van der Waals surface area contributed by atoms with Crippen LogP contribution in [0.1, 0.15) is 0 Å². The molecule has 1 radical (unpaired) electrons. The monoisotopic (exact) mass is 171 g/mol. The van der Waals surface area contributed by atoms with E-state index in [2.05, 4.69) is 0 Å². The van der Waals surface area contributed by atoms with Crippen LogP contribution >= 0.6 is 0 Å². The number of hydrogen-bond donors (Lipinski definition) is 4. The molecule has 0 saturated heterocycles. The Hall–Kier alpha value is 1.46. The van der Waals surface area contributed by atoms with Gasteiger partial charge >= 0.3 is 9.05 Å². The Kier molecular flexibility index (Phi) is 12.6. The van der Waals surface area contributed by atoms with Crippen molar-refractivity contribution in [1.29, 1.82) is 0 Å². The minimum Gasteiger partial charge on any atom is -0.368 e. The van der Waals surface area contributed by atoms with Gasteiger partial charge in [0, 0.05) is 25.8 Å². The van der Waals surface area contributed by atoms with Gasteiger partial charge in [-0.15, -0.1) is 0 Å². The van der Waals surface area contributed by atoms with Crippen LogP contribution in [0.2, 0.25) is 0 Å². The molecule has 0 rings (SSSR count). The summed E-state index contributed by atoms with van der Waals surface area (Å²) in [5.41, 5.74) is 0. The Morgan fingerprint density at radius 3 is 0.857 bits per heavy atom. The largest absolute Gasteiger partial charge is 0.668 e. The Morgan fingerprint density at radius 1 is 0.857 bits per heavy atom. The van der Waals surface area contributed by atoms with Crippen LogP contribution in [0, 0.1) is 0 Å². The molecule has 4 N–H and O–H groups in total. The maximum Gasteiger partial charge on any atom is 0.668 e. The summed E-state index contributed by atoms with van der Waals surface area (Å²) in [6.07, 6.45) is 0. The molecule has 0 bridgehead atoms. The van der Waals surface area contributed by atoms with E-state index in [1.807, 2.05) is 0 Å². The van der Waals surface area contributed by atoms with Crippen LogP contribution < -0.4 is 0 Å². The first-order valence-corrected chi connectivity index (χ1v) is 2.68. The van der Waals surface area contributed by atoms with E-state index in [1.54, 1.807) is 0 Å². The predicted molar refractivity (Wildman–Crippen MR) is 24.6 cm³/mol. The van der Waals surface area contributed by atoms with Gasteiger partial charge in [-0.05, 0) is 0 Å². The zero-order chi connectivity index (χ0) is 4.50. The molecule has 7 heteroatoms. The first kappa shape index (κ1) is 15.8. The van der Waals surface area contributed by atoms with Crippen molar-refractivity contribution in [3.05, 3.63) is 0 Å². The number of hydrogen-bond acceptors (Lipinski definition) is 4. The van der Waals surface area contributed by atoms with Gasteiger partial charge in [0.2, 0.25) is 0 Å². The third kappa shape index (κ3) is 104. The molecule has 0 unspecified atom stereocenters. The maximum atomic E-state index is 7.33. The van der Waals surface area contributed by atoms with Gasteiger partial charge < -0.3 is 19.2 Å². The van der Waals surface area contributed by atoms with E-state index in [4.69, 9.17) is 19.2 Å². The summed E-state index contributed by atoms with van der Waals surface area (Å²) in [5, 5.41) is 0. The van der Waals surface area contributed by atoms with E-state index < -0.39 is 9.05 Å². The predicted octanol–water partition coefficient (Wildman–Crippen LogP) is -3.80. The van der Waals surface area contributed by atoms with E-state index in [-0.39, 0.29) is 43.2 Å². The molecule has 0 fully saturated rings. The van der Waals surface area contributed by atoms with Crippen LogP contribution in [0.3, 0.4) is 0 Å². The Bertz CT molecular complexity index is 27.2. The van der Waals surface area contributed by atoms with Crippen molar-refractivity contribution >= 4 is 26.4 Å². The molecular formula is H7AlO4ScSi. The van der Waals surface area contributed by atoms with Crippen molar-refractivity contribution in [2.24, 2.45) is 0 Å². The van der Waals surface area contributed by atoms with E-state index in [0.717, 1.165) is 0 Å². The first-order chi connectivity index (χ1) is 2.00. The maximum absolute atomic E-state index is 7.33. The fourth-order valence-electron chi connectivity index (χ4n) is 0. The molecule has 0 spiro atoms. The second-order valence-corrected chi connectivity index (χ2v) is 1.80. The van der Waals surface area contributed by atoms with Crippen molar-refractivity contribution in [2.45, 2.75) is 0 Å². The third-order valence-electron chi connectivity index (χ3n) is 0. The van der Waals surface area contributed by atoms with E-state index >= 15 is 0 Å². The molecule has 0 aliphatic heterocycles. The van der Waals surface area contributed by atoms with Crippen LogP contribution in [-0.4, -0.2) is 45.6 Å². The Morgan fingerprint density at radius 2 is 0.857 bits per heavy atom. The van der Waals surface area contributed by atoms with Crippen LogP contribution in [0.4, 0.5) is 0 Å². The summed E-state index contributed by atoms with van der Waals surface area (Å²) in [4.78, 5) is 29.3. The second kappa shape index (κ2) is 5.59. The molecule has 0 aliphatic carbocycles. The zero-order valence-electron chi connectivity index (χ0n) is 2.87. The fraction of sp³-hybridized carbons (Fsp3) is 0. The van der Waals surface area contributed by atoms with Crippen LogP contribution in [0.5, 0.6) is 0 Å². The van der Waals surface area contributed by atoms with Crippen LogP contribution in [0.15, 0.2) is 0 Å². The second-order valence-electron chi connectivity index (χ2n) is 0.600. The average molecular weight is 171 g/mol. The molecular weight excluding hydrogens is 164 g/mol. The molecule has 0 aromatic carbocycles. The van der Waals surface area contributed by atoms with Gasteiger partial charge in [0.15, 0.2) is 17.4 Å². The van der Waals surface area contributed by atoms with Crippen LogP contribution in [0.25, 0.3) is 0 Å². The van der Waals surface area contributed by atoms with Crippen molar-refractivity contribution in [3.8, 4) is 0 Å². The van der Waals surface area contributed by atoms with Gasteiger partial charge in [0.1, 0.15) is 0 Å². The molecule has 0 aliphatic rings. The Labute approximate surface area is 71.2 Å². The fourth-order valence-corrected chi connectivity index (χ4v) is 0. The minimum absolute atomic E-state index is 0.